The van der Waals surface area contributed by atoms with Crippen molar-refractivity contribution in [3.63, 3.8) is 0 Å². The average molecular weight is 177 g/mol. The van der Waals surface area contributed by atoms with E-state index in [2.05, 4.69) is 0 Å². The fourth-order valence-corrected chi connectivity index (χ4v) is 1.35. The summed E-state index contributed by atoms with van der Waals surface area (Å²) in [6.07, 6.45) is -3.00. The maximum absolute atomic E-state index is 9.36. The van der Waals surface area contributed by atoms with Crippen LogP contribution >= 0.6 is 0 Å². The predicted octanol–water partition coefficient (Wildman–Crippen LogP) is -2.18. The van der Waals surface area contributed by atoms with E-state index in [0.29, 0.717) is 0 Å². The molecule has 1 aliphatic heterocycles. The van der Waals surface area contributed by atoms with Gasteiger partial charge in [0, 0.05) is 0 Å². The molecule has 0 aromatic rings. The van der Waals surface area contributed by atoms with Crippen LogP contribution in [0.5, 0.6) is 0 Å². The molecule has 1 rings (SSSR count). The first kappa shape index (κ1) is 9.88. The molecule has 0 aromatic carbocycles. The van der Waals surface area contributed by atoms with Gasteiger partial charge in [0.1, 0.15) is 12.2 Å². The second-order valence-electron chi connectivity index (χ2n) is 3.12. The summed E-state index contributed by atoms with van der Waals surface area (Å²) in [4.78, 5) is 0. The number of aliphatic hydroxyl groups is 3. The minimum Gasteiger partial charge on any atom is -0.394 e. The number of rotatable bonds is 1. The molecular formula is C7H15NO4. The van der Waals surface area contributed by atoms with Crippen molar-refractivity contribution in [3.8, 4) is 0 Å². The maximum atomic E-state index is 9.36. The Bertz CT molecular complexity index is 150. The Kier molecular flexibility index (Phi) is 3.03. The fraction of sp³-hybridized carbons (Fsp3) is 1.00. The Balaban J connectivity index is 2.63. The van der Waals surface area contributed by atoms with Crippen LogP contribution < -0.4 is 5.73 Å². The molecule has 1 saturated heterocycles. The van der Waals surface area contributed by atoms with Gasteiger partial charge in [-0.3, -0.25) is 0 Å². The SMILES string of the molecule is C[C@H]1O[C@H](CO)[C@@H](O)[C@@H](N)[C@@H]1O. The zero-order chi connectivity index (χ0) is 9.30. The Labute approximate surface area is 70.8 Å². The predicted molar refractivity (Wildman–Crippen MR) is 41.4 cm³/mol. The molecule has 0 bridgehead atoms. The molecule has 0 spiro atoms. The fourth-order valence-electron chi connectivity index (χ4n) is 1.35. The molecule has 12 heavy (non-hydrogen) atoms. The summed E-state index contributed by atoms with van der Waals surface area (Å²) in [6.45, 7) is 1.37. The van der Waals surface area contributed by atoms with Gasteiger partial charge < -0.3 is 25.8 Å². The number of hydrogen-bond donors (Lipinski definition) is 4. The van der Waals surface area contributed by atoms with Crippen LogP contribution in [0.1, 0.15) is 6.92 Å². The summed E-state index contributed by atoms with van der Waals surface area (Å²) in [5.41, 5.74) is 5.49. The zero-order valence-corrected chi connectivity index (χ0v) is 6.92. The van der Waals surface area contributed by atoms with E-state index in [0.717, 1.165) is 0 Å². The largest absolute Gasteiger partial charge is 0.394 e. The van der Waals surface area contributed by atoms with Crippen LogP contribution in [0.15, 0.2) is 0 Å². The molecule has 5 nitrogen and oxygen atoms in total. The molecule has 1 aliphatic rings. The minimum atomic E-state index is -0.999. The van der Waals surface area contributed by atoms with Gasteiger partial charge in [-0.2, -0.15) is 0 Å². The van der Waals surface area contributed by atoms with E-state index in [1.807, 2.05) is 0 Å². The second kappa shape index (κ2) is 3.68. The lowest BCUT2D eigenvalue weighted by molar-refractivity contribution is -0.182. The monoisotopic (exact) mass is 177 g/mol. The first-order valence-corrected chi connectivity index (χ1v) is 3.96. The Morgan fingerprint density at radius 1 is 1.33 bits per heavy atom. The summed E-state index contributed by atoms with van der Waals surface area (Å²) in [7, 11) is 0. The van der Waals surface area contributed by atoms with E-state index in [4.69, 9.17) is 15.6 Å². The van der Waals surface area contributed by atoms with Crippen molar-refractivity contribution in [1.29, 1.82) is 0 Å². The first-order valence-electron chi connectivity index (χ1n) is 3.96. The van der Waals surface area contributed by atoms with Crippen molar-refractivity contribution in [2.24, 2.45) is 5.73 Å². The average Bonchev–Trinajstić information content (AvgIpc) is 2.08. The molecule has 0 radical (unpaired) electrons. The third kappa shape index (κ3) is 1.60. The van der Waals surface area contributed by atoms with E-state index in [1.54, 1.807) is 6.92 Å². The zero-order valence-electron chi connectivity index (χ0n) is 6.92. The minimum absolute atomic E-state index is 0.286. The summed E-state index contributed by atoms with van der Waals surface area (Å²) >= 11 is 0. The van der Waals surface area contributed by atoms with Crippen molar-refractivity contribution in [1.82, 2.24) is 0 Å². The van der Waals surface area contributed by atoms with Gasteiger partial charge in [0.05, 0.1) is 24.9 Å². The maximum Gasteiger partial charge on any atom is 0.108 e. The van der Waals surface area contributed by atoms with Crippen LogP contribution in [0.4, 0.5) is 0 Å². The van der Waals surface area contributed by atoms with E-state index in [-0.39, 0.29) is 6.61 Å². The highest BCUT2D eigenvalue weighted by molar-refractivity contribution is 4.92. The lowest BCUT2D eigenvalue weighted by Crippen LogP contribution is -2.61. The molecule has 1 heterocycles. The smallest absolute Gasteiger partial charge is 0.108 e. The molecule has 0 amide bonds. The Morgan fingerprint density at radius 2 is 1.92 bits per heavy atom. The van der Waals surface area contributed by atoms with Crippen molar-refractivity contribution in [2.75, 3.05) is 6.61 Å². The molecule has 0 unspecified atom stereocenters. The highest BCUT2D eigenvalue weighted by atomic mass is 16.5. The van der Waals surface area contributed by atoms with Crippen molar-refractivity contribution >= 4 is 0 Å². The highest BCUT2D eigenvalue weighted by Crippen LogP contribution is 2.18. The van der Waals surface area contributed by atoms with Gasteiger partial charge in [-0.25, -0.2) is 0 Å². The number of nitrogens with two attached hydrogens (primary N) is 1. The van der Waals surface area contributed by atoms with Crippen LogP contribution in [-0.4, -0.2) is 52.4 Å². The van der Waals surface area contributed by atoms with E-state index in [1.165, 1.54) is 0 Å². The lowest BCUT2D eigenvalue weighted by atomic mass is 9.94. The normalized spacial score (nSPS) is 49.2. The van der Waals surface area contributed by atoms with E-state index in [9.17, 15) is 10.2 Å². The van der Waals surface area contributed by atoms with Crippen molar-refractivity contribution in [3.05, 3.63) is 0 Å². The highest BCUT2D eigenvalue weighted by Gasteiger charge is 2.39. The standard InChI is InChI=1S/C7H15NO4/c1-3-6(10)5(8)7(11)4(2-9)12-3/h3-7,9-11H,2,8H2,1H3/t3-,4-,5+,6-,7-/m1/s1. The van der Waals surface area contributed by atoms with Crippen LogP contribution in [0.3, 0.4) is 0 Å². The summed E-state index contributed by atoms with van der Waals surface area (Å²) in [6, 6.07) is -0.745. The van der Waals surface area contributed by atoms with Crippen LogP contribution in [-0.2, 0) is 4.74 Å². The number of aliphatic hydroxyl groups excluding tert-OH is 3. The van der Waals surface area contributed by atoms with Gasteiger partial charge >= 0.3 is 0 Å². The van der Waals surface area contributed by atoms with Gasteiger partial charge in [-0.15, -0.1) is 0 Å². The molecule has 5 heteroatoms. The Hall–Kier alpha value is -0.200. The third-order valence-electron chi connectivity index (χ3n) is 2.22. The second-order valence-corrected chi connectivity index (χ2v) is 3.12. The first-order chi connectivity index (χ1) is 5.57. The quantitative estimate of drug-likeness (QED) is 0.365. The molecule has 1 fully saturated rings. The molecule has 0 aliphatic carbocycles. The third-order valence-corrected chi connectivity index (χ3v) is 2.22. The van der Waals surface area contributed by atoms with Crippen molar-refractivity contribution in [2.45, 2.75) is 37.4 Å². The number of ether oxygens (including phenoxy) is 1. The molecule has 5 atom stereocenters. The summed E-state index contributed by atoms with van der Waals surface area (Å²) in [5.74, 6) is 0. The molecule has 0 saturated carbocycles. The van der Waals surface area contributed by atoms with E-state index < -0.39 is 30.5 Å². The topological polar surface area (TPSA) is 95.9 Å². The van der Waals surface area contributed by atoms with Gasteiger partial charge in [0.15, 0.2) is 0 Å². The van der Waals surface area contributed by atoms with Gasteiger partial charge in [-0.1, -0.05) is 0 Å². The molecule has 0 aromatic heterocycles. The van der Waals surface area contributed by atoms with Gasteiger partial charge in [0.2, 0.25) is 0 Å². The van der Waals surface area contributed by atoms with E-state index >= 15 is 0 Å². The van der Waals surface area contributed by atoms with Gasteiger partial charge in [-0.05, 0) is 6.92 Å². The number of hydrogen-bond acceptors (Lipinski definition) is 5. The van der Waals surface area contributed by atoms with Crippen LogP contribution in [0.2, 0.25) is 0 Å². The summed E-state index contributed by atoms with van der Waals surface area (Å²) in [5, 5.41) is 27.5. The molecular weight excluding hydrogens is 162 g/mol. The molecule has 5 N–H and O–H groups in total. The summed E-state index contributed by atoms with van der Waals surface area (Å²) < 4.78 is 5.10. The van der Waals surface area contributed by atoms with Crippen LogP contribution in [0.25, 0.3) is 0 Å². The van der Waals surface area contributed by atoms with Crippen molar-refractivity contribution < 1.29 is 20.1 Å². The Morgan fingerprint density at radius 3 is 2.42 bits per heavy atom. The lowest BCUT2D eigenvalue weighted by Gasteiger charge is -2.39. The molecule has 72 valence electrons. The van der Waals surface area contributed by atoms with Crippen LogP contribution in [0, 0.1) is 0 Å². The van der Waals surface area contributed by atoms with Gasteiger partial charge in [0.25, 0.3) is 0 Å².